The highest BCUT2D eigenvalue weighted by atomic mass is 35.5. The third kappa shape index (κ3) is 2.68. The Labute approximate surface area is 158 Å². The molecule has 7 heteroatoms. The lowest BCUT2D eigenvalue weighted by atomic mass is 9.84. The number of carbonyl (C=O) groups is 2. The number of amides is 1. The summed E-state index contributed by atoms with van der Waals surface area (Å²) in [5.41, 5.74) is 1.94. The number of esters is 1. The Hall–Kier alpha value is -2.37. The first-order chi connectivity index (χ1) is 12.5. The minimum atomic E-state index is -0.532. The summed E-state index contributed by atoms with van der Waals surface area (Å²) in [5, 5.41) is 0.667. The van der Waals surface area contributed by atoms with Gasteiger partial charge in [-0.25, -0.2) is 9.18 Å². The molecule has 0 aromatic heterocycles. The van der Waals surface area contributed by atoms with Crippen molar-refractivity contribution < 1.29 is 18.7 Å². The van der Waals surface area contributed by atoms with Crippen molar-refractivity contribution in [3.63, 3.8) is 0 Å². The molecule has 0 bridgehead atoms. The molecular formula is C19H12Cl2FNO3. The van der Waals surface area contributed by atoms with Crippen LogP contribution in [0.4, 0.5) is 10.1 Å². The van der Waals surface area contributed by atoms with E-state index in [9.17, 15) is 14.0 Å². The van der Waals surface area contributed by atoms with E-state index in [4.69, 9.17) is 27.9 Å². The summed E-state index contributed by atoms with van der Waals surface area (Å²) >= 11 is 12.4. The smallest absolute Gasteiger partial charge is 0.336 e. The quantitative estimate of drug-likeness (QED) is 0.709. The number of cyclic esters (lactones) is 1. The maximum Gasteiger partial charge on any atom is 0.336 e. The van der Waals surface area contributed by atoms with Crippen LogP contribution in [-0.2, 0) is 14.3 Å². The molecule has 0 saturated carbocycles. The predicted octanol–water partition coefficient (Wildman–Crippen LogP) is 4.46. The lowest BCUT2D eigenvalue weighted by Crippen LogP contribution is -2.37. The first-order valence-corrected chi connectivity index (χ1v) is 8.65. The van der Waals surface area contributed by atoms with Gasteiger partial charge in [-0.1, -0.05) is 35.3 Å². The molecule has 0 saturated heterocycles. The van der Waals surface area contributed by atoms with Gasteiger partial charge in [-0.05, 0) is 35.9 Å². The van der Waals surface area contributed by atoms with Crippen LogP contribution in [0.1, 0.15) is 17.9 Å². The van der Waals surface area contributed by atoms with E-state index in [0.717, 1.165) is 0 Å². The van der Waals surface area contributed by atoms with Gasteiger partial charge in [-0.2, -0.15) is 0 Å². The Kier molecular flexibility index (Phi) is 4.21. The van der Waals surface area contributed by atoms with Gasteiger partial charge in [0.05, 0.1) is 21.3 Å². The lowest BCUT2D eigenvalue weighted by Gasteiger charge is -2.32. The Morgan fingerprint density at radius 3 is 2.54 bits per heavy atom. The van der Waals surface area contributed by atoms with E-state index >= 15 is 0 Å². The van der Waals surface area contributed by atoms with Crippen molar-refractivity contribution >= 4 is 40.8 Å². The maximum absolute atomic E-state index is 13.2. The lowest BCUT2D eigenvalue weighted by molar-refractivity contribution is -0.136. The van der Waals surface area contributed by atoms with Gasteiger partial charge in [0.1, 0.15) is 12.4 Å². The Morgan fingerprint density at radius 2 is 1.81 bits per heavy atom. The van der Waals surface area contributed by atoms with Crippen LogP contribution in [0.25, 0.3) is 0 Å². The molecule has 1 unspecified atom stereocenters. The highest BCUT2D eigenvalue weighted by molar-refractivity contribution is 6.42. The molecule has 0 spiro atoms. The van der Waals surface area contributed by atoms with E-state index in [1.165, 1.54) is 29.2 Å². The fourth-order valence-electron chi connectivity index (χ4n) is 3.40. The van der Waals surface area contributed by atoms with Crippen LogP contribution in [0.5, 0.6) is 0 Å². The van der Waals surface area contributed by atoms with Gasteiger partial charge in [0.15, 0.2) is 0 Å². The average Bonchev–Trinajstić information content (AvgIpc) is 3.00. The third-order valence-electron chi connectivity index (χ3n) is 4.56. The number of nitrogens with zero attached hydrogens (tertiary/aromatic N) is 1. The SMILES string of the molecule is O=C1OCC2=C1C(c1cccc(Cl)c1Cl)CC(=O)N2c1ccc(F)cc1. The number of carbonyl (C=O) groups excluding carboxylic acids is 2. The van der Waals surface area contributed by atoms with E-state index in [2.05, 4.69) is 0 Å². The van der Waals surface area contributed by atoms with Crippen LogP contribution < -0.4 is 4.90 Å². The van der Waals surface area contributed by atoms with E-state index in [1.54, 1.807) is 18.2 Å². The molecule has 2 heterocycles. The Bertz CT molecular complexity index is 956. The van der Waals surface area contributed by atoms with Crippen molar-refractivity contribution in [3.05, 3.63) is 75.2 Å². The molecule has 1 atom stereocenters. The Balaban J connectivity index is 1.85. The standard InChI is InChI=1S/C19H12Cl2FNO3/c20-14-3-1-2-12(18(14)21)13-8-16(24)23(11-6-4-10(22)5-7-11)15-9-26-19(25)17(13)15/h1-7,13H,8-9H2. The molecule has 0 N–H and O–H groups in total. The molecule has 1 amide bonds. The largest absolute Gasteiger partial charge is 0.456 e. The second-order valence-electron chi connectivity index (χ2n) is 6.04. The highest BCUT2D eigenvalue weighted by Gasteiger charge is 2.43. The number of rotatable bonds is 2. The van der Waals surface area contributed by atoms with Gasteiger partial charge in [0.2, 0.25) is 5.91 Å². The van der Waals surface area contributed by atoms with Crippen molar-refractivity contribution in [2.24, 2.45) is 0 Å². The van der Waals surface area contributed by atoms with Gasteiger partial charge in [0.25, 0.3) is 0 Å². The zero-order valence-corrected chi connectivity index (χ0v) is 14.9. The van der Waals surface area contributed by atoms with E-state index in [0.29, 0.717) is 32.6 Å². The van der Waals surface area contributed by atoms with Crippen molar-refractivity contribution in [3.8, 4) is 0 Å². The number of halogens is 3. The Morgan fingerprint density at radius 1 is 1.08 bits per heavy atom. The molecule has 2 aromatic rings. The minimum Gasteiger partial charge on any atom is -0.456 e. The fraction of sp³-hybridized carbons (Fsp3) is 0.158. The average molecular weight is 392 g/mol. The normalized spacial score (nSPS) is 19.7. The summed E-state index contributed by atoms with van der Waals surface area (Å²) in [6, 6.07) is 10.6. The zero-order chi connectivity index (χ0) is 18.4. The molecule has 2 aliphatic heterocycles. The van der Waals surface area contributed by atoms with Gasteiger partial charge in [0, 0.05) is 18.0 Å². The molecule has 4 rings (SSSR count). The van der Waals surface area contributed by atoms with Crippen molar-refractivity contribution in [1.82, 2.24) is 0 Å². The van der Waals surface area contributed by atoms with Crippen LogP contribution in [0.3, 0.4) is 0 Å². The topological polar surface area (TPSA) is 46.6 Å². The van der Waals surface area contributed by atoms with Crippen LogP contribution >= 0.6 is 23.2 Å². The van der Waals surface area contributed by atoms with Crippen LogP contribution in [0.15, 0.2) is 53.7 Å². The second-order valence-corrected chi connectivity index (χ2v) is 6.83. The fourth-order valence-corrected chi connectivity index (χ4v) is 3.84. The molecule has 2 aromatic carbocycles. The van der Waals surface area contributed by atoms with Crippen LogP contribution in [0, 0.1) is 5.82 Å². The van der Waals surface area contributed by atoms with Crippen LogP contribution in [0.2, 0.25) is 10.0 Å². The predicted molar refractivity (Wildman–Crippen MR) is 95.7 cm³/mol. The number of hydrogen-bond acceptors (Lipinski definition) is 3. The van der Waals surface area contributed by atoms with Crippen molar-refractivity contribution in [2.75, 3.05) is 11.5 Å². The van der Waals surface area contributed by atoms with Crippen molar-refractivity contribution in [1.29, 1.82) is 0 Å². The first kappa shape index (κ1) is 17.1. The molecule has 0 fully saturated rings. The monoisotopic (exact) mass is 391 g/mol. The number of hydrogen-bond donors (Lipinski definition) is 0. The van der Waals surface area contributed by atoms with Gasteiger partial charge in [-0.3, -0.25) is 9.69 Å². The number of anilines is 1. The highest BCUT2D eigenvalue weighted by Crippen LogP contribution is 2.44. The molecule has 2 aliphatic rings. The molecule has 0 aliphatic carbocycles. The maximum atomic E-state index is 13.2. The summed E-state index contributed by atoms with van der Waals surface area (Å²) in [5.74, 6) is -1.65. The summed E-state index contributed by atoms with van der Waals surface area (Å²) < 4.78 is 18.4. The van der Waals surface area contributed by atoms with E-state index in [-0.39, 0.29) is 18.9 Å². The molecule has 4 nitrogen and oxygen atoms in total. The summed E-state index contributed by atoms with van der Waals surface area (Å²) in [6.45, 7) is -0.0219. The third-order valence-corrected chi connectivity index (χ3v) is 5.39. The van der Waals surface area contributed by atoms with Gasteiger partial charge in [-0.15, -0.1) is 0 Å². The molecule has 0 radical (unpaired) electrons. The minimum absolute atomic E-state index is 0.0219. The first-order valence-electron chi connectivity index (χ1n) is 7.90. The molecular weight excluding hydrogens is 380 g/mol. The number of ether oxygens (including phenoxy) is 1. The van der Waals surface area contributed by atoms with Gasteiger partial charge >= 0.3 is 5.97 Å². The van der Waals surface area contributed by atoms with E-state index < -0.39 is 17.7 Å². The molecule has 26 heavy (non-hydrogen) atoms. The second kappa shape index (κ2) is 6.41. The molecule has 132 valence electrons. The van der Waals surface area contributed by atoms with Crippen LogP contribution in [-0.4, -0.2) is 18.5 Å². The van der Waals surface area contributed by atoms with Gasteiger partial charge < -0.3 is 4.74 Å². The summed E-state index contributed by atoms with van der Waals surface area (Å²) in [4.78, 5) is 26.6. The van der Waals surface area contributed by atoms with E-state index in [1.807, 2.05) is 0 Å². The number of benzene rings is 2. The summed E-state index contributed by atoms with van der Waals surface area (Å²) in [6.07, 6.45) is 0.0331. The zero-order valence-electron chi connectivity index (χ0n) is 13.3. The van der Waals surface area contributed by atoms with Crippen molar-refractivity contribution in [2.45, 2.75) is 12.3 Å². The summed E-state index contributed by atoms with van der Waals surface area (Å²) in [7, 11) is 0.